The van der Waals surface area contributed by atoms with Crippen LogP contribution in [0.2, 0.25) is 0 Å². The quantitative estimate of drug-likeness (QED) is 0.640. The predicted molar refractivity (Wildman–Crippen MR) is 81.0 cm³/mol. The van der Waals surface area contributed by atoms with E-state index in [-0.39, 0.29) is 17.7 Å². The van der Waals surface area contributed by atoms with Crippen molar-refractivity contribution in [3.8, 4) is 0 Å². The van der Waals surface area contributed by atoms with Crippen molar-refractivity contribution in [2.24, 2.45) is 0 Å². The average Bonchev–Trinajstić information content (AvgIpc) is 3.12. The molecule has 3 aromatic rings. The number of nitrogens with zero attached hydrogens (tertiary/aromatic N) is 2. The molecule has 0 N–H and O–H groups in total. The third-order valence-electron chi connectivity index (χ3n) is 3.69. The Bertz CT molecular complexity index is 736. The monoisotopic (exact) mass is 306 g/mol. The van der Waals surface area contributed by atoms with Crippen molar-refractivity contribution in [1.29, 1.82) is 0 Å². The van der Waals surface area contributed by atoms with E-state index in [0.717, 1.165) is 24.1 Å². The van der Waals surface area contributed by atoms with Crippen molar-refractivity contribution in [1.82, 2.24) is 9.55 Å². The number of hydrogen-bond donors (Lipinski definition) is 0. The van der Waals surface area contributed by atoms with Gasteiger partial charge in [-0.1, -0.05) is 6.07 Å². The fourth-order valence-electron chi connectivity index (χ4n) is 2.65. The highest BCUT2D eigenvalue weighted by Gasteiger charge is 2.17. The van der Waals surface area contributed by atoms with Gasteiger partial charge in [0.05, 0.1) is 17.7 Å². The van der Waals surface area contributed by atoms with Crippen LogP contribution in [-0.2, 0) is 12.3 Å². The molecule has 0 saturated heterocycles. The Kier molecular flexibility index (Phi) is 3.97. The summed E-state index contributed by atoms with van der Waals surface area (Å²) in [6.07, 6.45) is 3.37. The highest BCUT2D eigenvalue weighted by atomic mass is 35.5. The molecule has 0 radical (unpaired) electrons. The zero-order chi connectivity index (χ0) is 14.8. The Balaban J connectivity index is 1.92. The van der Waals surface area contributed by atoms with E-state index in [0.29, 0.717) is 11.3 Å². The molecule has 0 bridgehead atoms. The minimum Gasteiger partial charge on any atom is -0.469 e. The minimum absolute atomic E-state index is 0.163. The highest BCUT2D eigenvalue weighted by molar-refractivity contribution is 6.16. The molecule has 2 aromatic heterocycles. The van der Waals surface area contributed by atoms with Crippen LogP contribution in [0.15, 0.2) is 41.0 Å². The zero-order valence-electron chi connectivity index (χ0n) is 11.7. The topological polar surface area (TPSA) is 31.0 Å². The highest BCUT2D eigenvalue weighted by Crippen LogP contribution is 2.26. The van der Waals surface area contributed by atoms with Gasteiger partial charge in [-0.3, -0.25) is 0 Å². The van der Waals surface area contributed by atoms with Gasteiger partial charge in [0.25, 0.3) is 0 Å². The molecule has 0 spiro atoms. The SMILES string of the molecule is CC(CCc1ccco1)n1c(CCl)nc2c(F)cccc21. The molecule has 1 atom stereocenters. The van der Waals surface area contributed by atoms with Crippen molar-refractivity contribution in [3.63, 3.8) is 0 Å². The Hall–Kier alpha value is -1.81. The largest absolute Gasteiger partial charge is 0.469 e. The number of halogens is 2. The van der Waals surface area contributed by atoms with Crippen molar-refractivity contribution in [2.75, 3.05) is 0 Å². The normalized spacial score (nSPS) is 12.9. The Morgan fingerprint density at radius 3 is 2.90 bits per heavy atom. The van der Waals surface area contributed by atoms with Gasteiger partial charge in [-0.25, -0.2) is 9.37 Å². The summed E-state index contributed by atoms with van der Waals surface area (Å²) in [5, 5.41) is 0. The number of furan rings is 1. The molecular formula is C16H16ClFN2O. The number of aromatic nitrogens is 2. The van der Waals surface area contributed by atoms with E-state index < -0.39 is 0 Å². The van der Waals surface area contributed by atoms with E-state index in [1.54, 1.807) is 12.3 Å². The third-order valence-corrected chi connectivity index (χ3v) is 3.93. The lowest BCUT2D eigenvalue weighted by Gasteiger charge is -2.16. The number of imidazole rings is 1. The second-order valence-corrected chi connectivity index (χ2v) is 5.37. The van der Waals surface area contributed by atoms with E-state index in [9.17, 15) is 4.39 Å². The smallest absolute Gasteiger partial charge is 0.151 e. The maximum absolute atomic E-state index is 13.9. The average molecular weight is 307 g/mol. The molecule has 110 valence electrons. The van der Waals surface area contributed by atoms with Crippen LogP contribution in [0, 0.1) is 5.82 Å². The van der Waals surface area contributed by atoms with Crippen LogP contribution >= 0.6 is 11.6 Å². The van der Waals surface area contributed by atoms with Crippen LogP contribution in [0.5, 0.6) is 0 Å². The van der Waals surface area contributed by atoms with E-state index in [2.05, 4.69) is 11.9 Å². The van der Waals surface area contributed by atoms with Crippen molar-refractivity contribution in [2.45, 2.75) is 31.7 Å². The van der Waals surface area contributed by atoms with Gasteiger partial charge in [-0.05, 0) is 37.6 Å². The molecule has 2 heterocycles. The van der Waals surface area contributed by atoms with Crippen LogP contribution < -0.4 is 0 Å². The van der Waals surface area contributed by atoms with E-state index >= 15 is 0 Å². The molecule has 3 rings (SSSR count). The van der Waals surface area contributed by atoms with E-state index in [1.165, 1.54) is 6.07 Å². The van der Waals surface area contributed by atoms with Crippen molar-refractivity contribution >= 4 is 22.6 Å². The molecule has 5 heteroatoms. The molecule has 0 aliphatic heterocycles. The molecule has 1 aromatic carbocycles. The molecule has 0 fully saturated rings. The summed E-state index contributed by atoms with van der Waals surface area (Å²) >= 11 is 5.98. The molecule has 0 amide bonds. The van der Waals surface area contributed by atoms with Crippen molar-refractivity contribution < 1.29 is 8.81 Å². The maximum Gasteiger partial charge on any atom is 0.151 e. The first-order valence-corrected chi connectivity index (χ1v) is 7.48. The fraction of sp³-hybridized carbons (Fsp3) is 0.312. The van der Waals surface area contributed by atoms with Gasteiger partial charge in [0.1, 0.15) is 17.1 Å². The summed E-state index contributed by atoms with van der Waals surface area (Å²) < 4.78 is 21.2. The van der Waals surface area contributed by atoms with Crippen LogP contribution in [0.3, 0.4) is 0 Å². The van der Waals surface area contributed by atoms with Gasteiger partial charge in [-0.15, -0.1) is 11.6 Å². The maximum atomic E-state index is 13.9. The second kappa shape index (κ2) is 5.90. The molecule has 0 saturated carbocycles. The number of alkyl halides is 1. The van der Waals surface area contributed by atoms with Crippen LogP contribution in [0.1, 0.15) is 31.0 Å². The molecule has 3 nitrogen and oxygen atoms in total. The standard InChI is InChI=1S/C16H16ClFN2O/c1-11(7-8-12-4-3-9-21-12)20-14-6-2-5-13(18)16(14)19-15(20)10-17/h2-6,9,11H,7-8,10H2,1H3. The molecule has 0 aliphatic rings. The van der Waals surface area contributed by atoms with E-state index in [1.807, 2.05) is 22.8 Å². The summed E-state index contributed by atoms with van der Waals surface area (Å²) in [6, 6.07) is 9.01. The summed E-state index contributed by atoms with van der Waals surface area (Å²) in [7, 11) is 0. The van der Waals surface area contributed by atoms with Crippen LogP contribution in [0.25, 0.3) is 11.0 Å². The Morgan fingerprint density at radius 2 is 2.19 bits per heavy atom. The Labute approximate surface area is 127 Å². The van der Waals surface area contributed by atoms with Gasteiger partial charge < -0.3 is 8.98 Å². The lowest BCUT2D eigenvalue weighted by Crippen LogP contribution is -2.09. The van der Waals surface area contributed by atoms with Gasteiger partial charge in [0.2, 0.25) is 0 Å². The number of fused-ring (bicyclic) bond motifs is 1. The number of aryl methyl sites for hydroxylation is 1. The van der Waals surface area contributed by atoms with Crippen LogP contribution in [-0.4, -0.2) is 9.55 Å². The van der Waals surface area contributed by atoms with Crippen molar-refractivity contribution in [3.05, 3.63) is 54.0 Å². The number of hydrogen-bond acceptors (Lipinski definition) is 2. The van der Waals surface area contributed by atoms with Gasteiger partial charge in [0, 0.05) is 12.5 Å². The summed E-state index contributed by atoms with van der Waals surface area (Å²) in [5.41, 5.74) is 1.18. The lowest BCUT2D eigenvalue weighted by atomic mass is 10.1. The van der Waals surface area contributed by atoms with Crippen LogP contribution in [0.4, 0.5) is 4.39 Å². The fourth-order valence-corrected chi connectivity index (χ4v) is 2.84. The Morgan fingerprint density at radius 1 is 1.33 bits per heavy atom. The van der Waals surface area contributed by atoms with Gasteiger partial charge in [-0.2, -0.15) is 0 Å². The first-order chi connectivity index (χ1) is 10.2. The molecular weight excluding hydrogens is 291 g/mol. The number of benzene rings is 1. The second-order valence-electron chi connectivity index (χ2n) is 5.11. The zero-order valence-corrected chi connectivity index (χ0v) is 12.5. The molecule has 21 heavy (non-hydrogen) atoms. The minimum atomic E-state index is -0.309. The van der Waals surface area contributed by atoms with E-state index in [4.69, 9.17) is 16.0 Å². The molecule has 1 unspecified atom stereocenters. The lowest BCUT2D eigenvalue weighted by molar-refractivity contribution is 0.452. The summed E-state index contributed by atoms with van der Waals surface area (Å²) in [5.74, 6) is 1.60. The van der Waals surface area contributed by atoms with Gasteiger partial charge in [0.15, 0.2) is 5.82 Å². The predicted octanol–water partition coefficient (Wildman–Crippen LogP) is 4.70. The number of rotatable bonds is 5. The third kappa shape index (κ3) is 2.68. The van der Waals surface area contributed by atoms with Gasteiger partial charge >= 0.3 is 0 Å². The first-order valence-electron chi connectivity index (χ1n) is 6.94. The molecule has 0 aliphatic carbocycles. The summed E-state index contributed by atoms with van der Waals surface area (Å²) in [4.78, 5) is 4.33. The number of para-hydroxylation sites is 1. The first kappa shape index (κ1) is 14.1. The summed E-state index contributed by atoms with van der Waals surface area (Å²) in [6.45, 7) is 2.09.